The summed E-state index contributed by atoms with van der Waals surface area (Å²) < 4.78 is 24.4. The lowest BCUT2D eigenvalue weighted by Crippen LogP contribution is -2.39. The fourth-order valence-corrected chi connectivity index (χ4v) is 5.97. The largest absolute Gasteiger partial charge is 0.493 e. The van der Waals surface area contributed by atoms with Gasteiger partial charge >= 0.3 is 5.97 Å². The summed E-state index contributed by atoms with van der Waals surface area (Å²) in [6.07, 6.45) is 3.38. The van der Waals surface area contributed by atoms with Crippen molar-refractivity contribution in [3.05, 3.63) is 137 Å². The third-order valence-electron chi connectivity index (χ3n) is 7.11. The standard InChI is InChI=1S/C34H31N3O8S/c1-5-17-44-26-14-10-24(11-15-26)31-30(33(39)43-6-2)21(3)35-34-36(31)32(38)29(46-34)19-23-9-16-27(28(18-23)42-4)45-20-22-7-12-25(13-8-22)37(40)41/h5,7-16,18-19,31H,1,6,17,20H2,2-4H3/b29-19-/t31-/m0/s1. The van der Waals surface area contributed by atoms with Crippen LogP contribution in [0.2, 0.25) is 0 Å². The highest BCUT2D eigenvalue weighted by Crippen LogP contribution is 2.32. The third-order valence-corrected chi connectivity index (χ3v) is 8.09. The molecule has 0 N–H and O–H groups in total. The number of nitro benzene ring substituents is 1. The molecule has 2 heterocycles. The maximum atomic E-state index is 14.0. The molecule has 0 spiro atoms. The van der Waals surface area contributed by atoms with E-state index in [1.165, 1.54) is 35.1 Å². The molecule has 0 saturated carbocycles. The van der Waals surface area contributed by atoms with E-state index in [-0.39, 0.29) is 30.0 Å². The molecule has 11 nitrogen and oxygen atoms in total. The van der Waals surface area contributed by atoms with Gasteiger partial charge in [0.15, 0.2) is 16.3 Å². The molecule has 46 heavy (non-hydrogen) atoms. The Hall–Kier alpha value is -5.49. The van der Waals surface area contributed by atoms with Crippen molar-refractivity contribution in [1.29, 1.82) is 0 Å². The van der Waals surface area contributed by atoms with Crippen LogP contribution >= 0.6 is 11.3 Å². The number of methoxy groups -OCH3 is 1. The number of benzene rings is 3. The number of nitrogens with zero attached hydrogens (tertiary/aromatic N) is 3. The number of hydrogen-bond donors (Lipinski definition) is 0. The Bertz CT molecular complexity index is 1990. The topological polar surface area (TPSA) is 131 Å². The second-order valence-electron chi connectivity index (χ2n) is 10.1. The van der Waals surface area contributed by atoms with Crippen molar-refractivity contribution in [2.45, 2.75) is 26.5 Å². The van der Waals surface area contributed by atoms with Crippen LogP contribution in [0.25, 0.3) is 6.08 Å². The first-order chi connectivity index (χ1) is 22.2. The maximum absolute atomic E-state index is 14.0. The fraction of sp³-hybridized carbons (Fsp3) is 0.206. The van der Waals surface area contributed by atoms with E-state index < -0.39 is 16.9 Å². The molecule has 1 atom stereocenters. The fourth-order valence-electron chi connectivity index (χ4n) is 4.93. The SMILES string of the molecule is C=CCOc1ccc([C@H]2C(C(=O)OCC)=C(C)N=c3s/c(=C\c4ccc(OCc5ccc([N+](=O)[O-])cc5)c(OC)c4)c(=O)n32)cc1. The van der Waals surface area contributed by atoms with Crippen molar-refractivity contribution < 1.29 is 28.7 Å². The quantitative estimate of drug-likeness (QED) is 0.0928. The van der Waals surface area contributed by atoms with Crippen LogP contribution in [0.1, 0.15) is 36.6 Å². The summed E-state index contributed by atoms with van der Waals surface area (Å²) in [5.41, 5.74) is 2.59. The number of thiazole rings is 1. The number of ether oxygens (including phenoxy) is 4. The lowest BCUT2D eigenvalue weighted by molar-refractivity contribution is -0.384. The lowest BCUT2D eigenvalue weighted by atomic mass is 9.96. The monoisotopic (exact) mass is 641 g/mol. The number of fused-ring (bicyclic) bond motifs is 1. The van der Waals surface area contributed by atoms with Crippen LogP contribution < -0.4 is 29.1 Å². The zero-order valence-corrected chi connectivity index (χ0v) is 26.2. The van der Waals surface area contributed by atoms with Crippen molar-refractivity contribution in [2.24, 2.45) is 4.99 Å². The number of hydrogen-bond acceptors (Lipinski definition) is 10. The molecule has 236 valence electrons. The summed E-state index contributed by atoms with van der Waals surface area (Å²) in [6, 6.07) is 17.8. The molecule has 0 unspecified atom stereocenters. The van der Waals surface area contributed by atoms with E-state index in [1.807, 2.05) is 12.1 Å². The Kier molecular flexibility index (Phi) is 9.77. The van der Waals surface area contributed by atoms with Gasteiger partial charge in [0, 0.05) is 12.1 Å². The molecule has 1 aliphatic heterocycles. The van der Waals surface area contributed by atoms with Crippen molar-refractivity contribution in [3.8, 4) is 17.2 Å². The van der Waals surface area contributed by atoms with E-state index in [9.17, 15) is 19.7 Å². The summed E-state index contributed by atoms with van der Waals surface area (Å²) in [5, 5.41) is 10.9. The van der Waals surface area contributed by atoms with E-state index in [2.05, 4.69) is 11.6 Å². The maximum Gasteiger partial charge on any atom is 0.338 e. The number of allylic oxidation sites excluding steroid dienone is 1. The zero-order valence-electron chi connectivity index (χ0n) is 25.4. The first-order valence-corrected chi connectivity index (χ1v) is 15.1. The number of nitro groups is 1. The van der Waals surface area contributed by atoms with Crippen LogP contribution in [0.5, 0.6) is 17.2 Å². The molecule has 12 heteroatoms. The Morgan fingerprint density at radius 2 is 1.83 bits per heavy atom. The van der Waals surface area contributed by atoms with Gasteiger partial charge in [0.25, 0.3) is 11.2 Å². The molecule has 1 aromatic heterocycles. The Morgan fingerprint density at radius 3 is 2.48 bits per heavy atom. The molecule has 0 saturated heterocycles. The minimum Gasteiger partial charge on any atom is -0.493 e. The van der Waals surface area contributed by atoms with Gasteiger partial charge in [-0.2, -0.15) is 0 Å². The summed E-state index contributed by atoms with van der Waals surface area (Å²) in [4.78, 5) is 42.7. The van der Waals surface area contributed by atoms with Gasteiger partial charge in [0.2, 0.25) is 0 Å². The van der Waals surface area contributed by atoms with E-state index in [1.54, 1.807) is 68.5 Å². The van der Waals surface area contributed by atoms with E-state index in [0.29, 0.717) is 50.0 Å². The van der Waals surface area contributed by atoms with Crippen LogP contribution in [0, 0.1) is 10.1 Å². The summed E-state index contributed by atoms with van der Waals surface area (Å²) in [7, 11) is 1.51. The van der Waals surface area contributed by atoms with Gasteiger partial charge < -0.3 is 18.9 Å². The second kappa shape index (κ2) is 14.1. The predicted octanol–water partition coefficient (Wildman–Crippen LogP) is 4.86. The van der Waals surface area contributed by atoms with Crippen LogP contribution in [-0.4, -0.2) is 35.8 Å². The number of esters is 1. The Morgan fingerprint density at radius 1 is 1.09 bits per heavy atom. The minimum atomic E-state index is -0.754. The van der Waals surface area contributed by atoms with Gasteiger partial charge in [-0.15, -0.1) is 0 Å². The Balaban J connectivity index is 1.49. The molecule has 5 rings (SSSR count). The summed E-state index contributed by atoms with van der Waals surface area (Å²) in [5.74, 6) is 1.00. The molecule has 0 amide bonds. The van der Waals surface area contributed by atoms with Crippen molar-refractivity contribution in [2.75, 3.05) is 20.3 Å². The third kappa shape index (κ3) is 6.76. The molecule has 0 bridgehead atoms. The van der Waals surface area contributed by atoms with Crippen LogP contribution in [-0.2, 0) is 16.1 Å². The predicted molar refractivity (Wildman–Crippen MR) is 173 cm³/mol. The zero-order chi connectivity index (χ0) is 32.8. The first-order valence-electron chi connectivity index (χ1n) is 14.3. The van der Waals surface area contributed by atoms with Crippen LogP contribution in [0.15, 0.2) is 100 Å². The van der Waals surface area contributed by atoms with Gasteiger partial charge in [-0.05, 0) is 73.0 Å². The molecule has 3 aromatic carbocycles. The molecular weight excluding hydrogens is 610 g/mol. The average molecular weight is 642 g/mol. The number of rotatable bonds is 12. The van der Waals surface area contributed by atoms with Gasteiger partial charge in [-0.25, -0.2) is 9.79 Å². The molecule has 4 aromatic rings. The highest BCUT2D eigenvalue weighted by Gasteiger charge is 2.33. The highest BCUT2D eigenvalue weighted by atomic mass is 32.1. The van der Waals surface area contributed by atoms with Gasteiger partial charge in [-0.1, -0.05) is 42.2 Å². The summed E-state index contributed by atoms with van der Waals surface area (Å²) >= 11 is 1.21. The van der Waals surface area contributed by atoms with Crippen molar-refractivity contribution in [3.63, 3.8) is 0 Å². The van der Waals surface area contributed by atoms with Gasteiger partial charge in [0.1, 0.15) is 19.0 Å². The molecule has 0 aliphatic carbocycles. The van der Waals surface area contributed by atoms with E-state index in [0.717, 1.165) is 5.56 Å². The normalized spacial score (nSPS) is 14.2. The second-order valence-corrected chi connectivity index (χ2v) is 11.1. The van der Waals surface area contributed by atoms with Crippen molar-refractivity contribution >= 4 is 29.1 Å². The summed E-state index contributed by atoms with van der Waals surface area (Å²) in [6.45, 7) is 7.83. The lowest BCUT2D eigenvalue weighted by Gasteiger charge is -2.24. The average Bonchev–Trinajstić information content (AvgIpc) is 3.36. The number of non-ortho nitro benzene ring substituents is 1. The van der Waals surface area contributed by atoms with Gasteiger partial charge in [-0.3, -0.25) is 19.5 Å². The number of aromatic nitrogens is 1. The van der Waals surface area contributed by atoms with Crippen LogP contribution in [0.4, 0.5) is 5.69 Å². The minimum absolute atomic E-state index is 0.00122. The number of carbonyl (C=O) groups excluding carboxylic acids is 1. The van der Waals surface area contributed by atoms with E-state index in [4.69, 9.17) is 18.9 Å². The Labute approximate surface area is 268 Å². The molecular formula is C34H31N3O8S. The number of carbonyl (C=O) groups is 1. The first kappa shape index (κ1) is 31.9. The highest BCUT2D eigenvalue weighted by molar-refractivity contribution is 7.07. The molecule has 1 aliphatic rings. The van der Waals surface area contributed by atoms with Gasteiger partial charge in [0.05, 0.1) is 40.5 Å². The van der Waals surface area contributed by atoms with Crippen LogP contribution in [0.3, 0.4) is 0 Å². The van der Waals surface area contributed by atoms with Crippen molar-refractivity contribution in [1.82, 2.24) is 4.57 Å². The molecule has 0 fully saturated rings. The van der Waals surface area contributed by atoms with E-state index >= 15 is 0 Å². The molecule has 0 radical (unpaired) electrons. The smallest absolute Gasteiger partial charge is 0.338 e.